The van der Waals surface area contributed by atoms with Crippen molar-refractivity contribution in [1.82, 2.24) is 15.5 Å². The average Bonchev–Trinajstić information content (AvgIpc) is 3.30. The third kappa shape index (κ3) is 6.97. The first kappa shape index (κ1) is 19.9. The molecule has 6 nitrogen and oxygen atoms in total. The minimum atomic E-state index is 0. The van der Waals surface area contributed by atoms with Crippen LogP contribution in [-0.4, -0.2) is 77.6 Å². The predicted molar refractivity (Wildman–Crippen MR) is 100 cm³/mol. The van der Waals surface area contributed by atoms with E-state index in [9.17, 15) is 0 Å². The Hall–Kier alpha value is -0.120. The Morgan fingerprint density at radius 1 is 1.27 bits per heavy atom. The van der Waals surface area contributed by atoms with Gasteiger partial charge in [0, 0.05) is 53.5 Å². The third-order valence-corrected chi connectivity index (χ3v) is 4.47. The molecule has 1 heterocycles. The van der Waals surface area contributed by atoms with Gasteiger partial charge < -0.3 is 20.1 Å². The van der Waals surface area contributed by atoms with Crippen LogP contribution in [0.3, 0.4) is 0 Å². The lowest BCUT2D eigenvalue weighted by atomic mass is 10.0. The monoisotopic (exact) mass is 426 g/mol. The van der Waals surface area contributed by atoms with Crippen LogP contribution in [0.25, 0.3) is 0 Å². The van der Waals surface area contributed by atoms with Crippen LogP contribution in [0.2, 0.25) is 0 Å². The molecule has 1 saturated carbocycles. The second-order valence-corrected chi connectivity index (χ2v) is 6.05. The number of nitrogens with zero attached hydrogens (tertiary/aromatic N) is 2. The van der Waals surface area contributed by atoms with Crippen LogP contribution in [0.5, 0.6) is 0 Å². The first-order chi connectivity index (χ1) is 10.3. The molecule has 1 aliphatic heterocycles. The van der Waals surface area contributed by atoms with Gasteiger partial charge in [0.1, 0.15) is 0 Å². The number of ether oxygens (including phenoxy) is 2. The largest absolute Gasteiger partial charge is 0.385 e. The molecule has 130 valence electrons. The highest BCUT2D eigenvalue weighted by atomic mass is 127. The lowest BCUT2D eigenvalue weighted by molar-refractivity contribution is 0.0389. The molecule has 0 aromatic carbocycles. The van der Waals surface area contributed by atoms with Crippen LogP contribution in [0.1, 0.15) is 19.3 Å². The van der Waals surface area contributed by atoms with Crippen molar-refractivity contribution in [3.63, 3.8) is 0 Å². The van der Waals surface area contributed by atoms with Gasteiger partial charge in [-0.15, -0.1) is 24.0 Å². The summed E-state index contributed by atoms with van der Waals surface area (Å²) < 4.78 is 10.5. The number of rotatable bonds is 8. The zero-order chi connectivity index (χ0) is 15.0. The molecule has 2 aliphatic rings. The van der Waals surface area contributed by atoms with E-state index in [-0.39, 0.29) is 24.0 Å². The average molecular weight is 426 g/mol. The van der Waals surface area contributed by atoms with Gasteiger partial charge in [-0.05, 0) is 24.7 Å². The molecule has 0 aromatic rings. The van der Waals surface area contributed by atoms with Crippen LogP contribution in [-0.2, 0) is 9.47 Å². The van der Waals surface area contributed by atoms with Crippen molar-refractivity contribution in [2.75, 3.05) is 66.7 Å². The molecule has 2 N–H and O–H groups in total. The van der Waals surface area contributed by atoms with Gasteiger partial charge in [-0.2, -0.15) is 0 Å². The van der Waals surface area contributed by atoms with Crippen molar-refractivity contribution in [3.05, 3.63) is 0 Å². The maximum atomic E-state index is 5.36. The van der Waals surface area contributed by atoms with Crippen LogP contribution in [0, 0.1) is 5.41 Å². The maximum Gasteiger partial charge on any atom is 0.191 e. The Morgan fingerprint density at radius 2 is 2.00 bits per heavy atom. The van der Waals surface area contributed by atoms with Crippen LogP contribution in [0.4, 0.5) is 0 Å². The van der Waals surface area contributed by atoms with Gasteiger partial charge in [0.2, 0.25) is 0 Å². The first-order valence-corrected chi connectivity index (χ1v) is 8.02. The third-order valence-electron chi connectivity index (χ3n) is 4.47. The maximum absolute atomic E-state index is 5.36. The smallest absolute Gasteiger partial charge is 0.191 e. The van der Waals surface area contributed by atoms with E-state index >= 15 is 0 Å². The second kappa shape index (κ2) is 10.6. The second-order valence-electron chi connectivity index (χ2n) is 6.05. The van der Waals surface area contributed by atoms with Gasteiger partial charge in [-0.25, -0.2) is 0 Å². The van der Waals surface area contributed by atoms with Crippen molar-refractivity contribution < 1.29 is 9.47 Å². The highest BCUT2D eigenvalue weighted by Gasteiger charge is 2.41. The Bertz CT molecular complexity index is 332. The fraction of sp³-hybridized carbons (Fsp3) is 0.933. The normalized spacial score (nSPS) is 21.1. The summed E-state index contributed by atoms with van der Waals surface area (Å²) in [6, 6.07) is 0. The summed E-state index contributed by atoms with van der Waals surface area (Å²) in [7, 11) is 3.61. The van der Waals surface area contributed by atoms with Gasteiger partial charge in [0.05, 0.1) is 13.2 Å². The molecule has 0 bridgehead atoms. The fourth-order valence-corrected chi connectivity index (χ4v) is 2.66. The quantitative estimate of drug-likeness (QED) is 0.344. The summed E-state index contributed by atoms with van der Waals surface area (Å²) >= 11 is 0. The van der Waals surface area contributed by atoms with Crippen molar-refractivity contribution in [1.29, 1.82) is 0 Å². The number of hydrogen-bond acceptors (Lipinski definition) is 4. The Labute approximate surface area is 151 Å². The molecule has 0 radical (unpaired) electrons. The SMILES string of the molecule is CN=C(NCCN1CCOCC1)NCC1(CCOC)CC1.I. The van der Waals surface area contributed by atoms with E-state index in [1.807, 2.05) is 7.05 Å². The molecule has 22 heavy (non-hydrogen) atoms. The topological polar surface area (TPSA) is 58.1 Å². The lowest BCUT2D eigenvalue weighted by Crippen LogP contribution is -2.45. The summed E-state index contributed by atoms with van der Waals surface area (Å²) in [6.07, 6.45) is 3.74. The molecular formula is C15H31IN4O2. The van der Waals surface area contributed by atoms with Crippen LogP contribution in [0.15, 0.2) is 4.99 Å². The highest BCUT2D eigenvalue weighted by Crippen LogP contribution is 2.48. The molecule has 2 rings (SSSR count). The summed E-state index contributed by atoms with van der Waals surface area (Å²) in [6.45, 7) is 7.59. The summed E-state index contributed by atoms with van der Waals surface area (Å²) in [4.78, 5) is 6.72. The molecule has 0 unspecified atom stereocenters. The number of nitrogens with one attached hydrogen (secondary N) is 2. The molecule has 0 atom stereocenters. The van der Waals surface area contributed by atoms with Gasteiger partial charge in [-0.3, -0.25) is 9.89 Å². The number of methoxy groups -OCH3 is 1. The van der Waals surface area contributed by atoms with Crippen LogP contribution < -0.4 is 10.6 Å². The van der Waals surface area contributed by atoms with Gasteiger partial charge in [0.25, 0.3) is 0 Å². The number of guanidine groups is 1. The number of hydrogen-bond donors (Lipinski definition) is 2. The molecule has 7 heteroatoms. The first-order valence-electron chi connectivity index (χ1n) is 8.02. The lowest BCUT2D eigenvalue weighted by Gasteiger charge is -2.27. The number of morpholine rings is 1. The van der Waals surface area contributed by atoms with Crippen molar-refractivity contribution in [3.8, 4) is 0 Å². The number of halogens is 1. The zero-order valence-corrected chi connectivity index (χ0v) is 16.2. The number of aliphatic imine (C=N–C) groups is 1. The van der Waals surface area contributed by atoms with E-state index < -0.39 is 0 Å². The zero-order valence-electron chi connectivity index (χ0n) is 13.9. The fourth-order valence-electron chi connectivity index (χ4n) is 2.66. The summed E-state index contributed by atoms with van der Waals surface area (Å²) in [5.74, 6) is 0.909. The van der Waals surface area contributed by atoms with Gasteiger partial charge in [-0.1, -0.05) is 0 Å². The van der Waals surface area contributed by atoms with E-state index in [0.717, 1.165) is 64.9 Å². The molecule has 0 amide bonds. The molecule has 1 saturated heterocycles. The van der Waals surface area contributed by atoms with E-state index in [0.29, 0.717) is 5.41 Å². The molecule has 2 fully saturated rings. The highest BCUT2D eigenvalue weighted by molar-refractivity contribution is 14.0. The van der Waals surface area contributed by atoms with Crippen molar-refractivity contribution in [2.24, 2.45) is 10.4 Å². The minimum absolute atomic E-state index is 0. The standard InChI is InChI=1S/C15H30N4O2.HI/c1-16-14(17-6-7-19-8-11-21-12-9-19)18-13-15(3-4-15)5-10-20-2;/h3-13H2,1-2H3,(H2,16,17,18);1H. The van der Waals surface area contributed by atoms with Gasteiger partial charge in [0.15, 0.2) is 5.96 Å². The van der Waals surface area contributed by atoms with E-state index in [1.165, 1.54) is 12.8 Å². The predicted octanol–water partition coefficient (Wildman–Crippen LogP) is 0.918. The molecular weight excluding hydrogens is 395 g/mol. The summed E-state index contributed by atoms with van der Waals surface area (Å²) in [5.41, 5.74) is 0.442. The Balaban J connectivity index is 0.00000242. The van der Waals surface area contributed by atoms with Crippen LogP contribution >= 0.6 is 24.0 Å². The summed E-state index contributed by atoms with van der Waals surface area (Å²) in [5, 5.41) is 6.86. The Kier molecular flexibility index (Phi) is 9.62. The molecule has 1 aliphatic carbocycles. The van der Waals surface area contributed by atoms with Crippen molar-refractivity contribution in [2.45, 2.75) is 19.3 Å². The van der Waals surface area contributed by atoms with E-state index in [1.54, 1.807) is 7.11 Å². The van der Waals surface area contributed by atoms with Gasteiger partial charge >= 0.3 is 0 Å². The van der Waals surface area contributed by atoms with Crippen molar-refractivity contribution >= 4 is 29.9 Å². The Morgan fingerprint density at radius 3 is 2.59 bits per heavy atom. The van der Waals surface area contributed by atoms with E-state index in [2.05, 4.69) is 20.5 Å². The molecule has 0 spiro atoms. The van der Waals surface area contributed by atoms with E-state index in [4.69, 9.17) is 9.47 Å². The minimum Gasteiger partial charge on any atom is -0.385 e. The molecule has 0 aromatic heterocycles.